The number of pyridine rings is 1. The summed E-state index contributed by atoms with van der Waals surface area (Å²) in [7, 11) is 0. The maximum atomic E-state index is 12.4. The second-order valence-electron chi connectivity index (χ2n) is 6.74. The van der Waals surface area contributed by atoms with Crippen molar-refractivity contribution in [2.24, 2.45) is 0 Å². The number of nitrogens with zero attached hydrogens (tertiary/aromatic N) is 2. The molecule has 1 amide bonds. The minimum absolute atomic E-state index is 0.111. The molecule has 1 aromatic carbocycles. The summed E-state index contributed by atoms with van der Waals surface area (Å²) in [6.07, 6.45) is 2.88. The van der Waals surface area contributed by atoms with Crippen LogP contribution in [0.5, 0.6) is 5.88 Å². The number of hydrogen-bond acceptors (Lipinski definition) is 4. The van der Waals surface area contributed by atoms with Crippen LogP contribution < -0.4 is 10.1 Å². The molecule has 3 aromatic rings. The molecule has 1 aliphatic rings. The van der Waals surface area contributed by atoms with Crippen LogP contribution in [0.25, 0.3) is 10.9 Å². The van der Waals surface area contributed by atoms with Crippen molar-refractivity contribution in [1.29, 1.82) is 0 Å². The van der Waals surface area contributed by atoms with Crippen molar-refractivity contribution in [1.82, 2.24) is 14.9 Å². The van der Waals surface area contributed by atoms with Crippen molar-refractivity contribution < 1.29 is 9.53 Å². The number of hydrogen-bond donors (Lipinski definition) is 1. The zero-order valence-electron chi connectivity index (χ0n) is 15.4. The Morgan fingerprint density at radius 1 is 1.33 bits per heavy atom. The standard InChI is InChI=1S/C21H23N3O2S/c1-15-12-16-4-2-3-5-19(16)24(15)10-9-22-21(25)17-6-7-20(23-13-17)26-18-8-11-27-14-18/h2-7,12-13,18H,8-11,14H2,1H3,(H,22,25)/t18-/m1/s1. The fraction of sp³-hybridized carbons (Fsp3) is 0.333. The van der Waals surface area contributed by atoms with Crippen molar-refractivity contribution in [3.05, 3.63) is 59.9 Å². The first-order valence-electron chi connectivity index (χ1n) is 9.24. The van der Waals surface area contributed by atoms with Crippen LogP contribution in [0.15, 0.2) is 48.7 Å². The van der Waals surface area contributed by atoms with E-state index in [9.17, 15) is 4.79 Å². The molecule has 1 saturated heterocycles. The molecular formula is C21H23N3O2S. The Kier molecular flexibility index (Phi) is 5.34. The van der Waals surface area contributed by atoms with Gasteiger partial charge in [-0.05, 0) is 42.7 Å². The predicted octanol–water partition coefficient (Wildman–Crippen LogP) is 3.66. The smallest absolute Gasteiger partial charge is 0.252 e. The van der Waals surface area contributed by atoms with E-state index < -0.39 is 0 Å². The Labute approximate surface area is 163 Å². The Morgan fingerprint density at radius 3 is 3.00 bits per heavy atom. The lowest BCUT2D eigenvalue weighted by atomic mass is 10.2. The SMILES string of the molecule is Cc1cc2ccccc2n1CCNC(=O)c1ccc(O[C@@H]2CCSC2)nc1. The van der Waals surface area contributed by atoms with Gasteiger partial charge >= 0.3 is 0 Å². The summed E-state index contributed by atoms with van der Waals surface area (Å²) >= 11 is 1.90. The highest BCUT2D eigenvalue weighted by atomic mass is 32.2. The van der Waals surface area contributed by atoms with E-state index >= 15 is 0 Å². The molecule has 2 aromatic heterocycles. The van der Waals surface area contributed by atoms with E-state index in [0.29, 0.717) is 18.0 Å². The highest BCUT2D eigenvalue weighted by Gasteiger charge is 2.17. The van der Waals surface area contributed by atoms with Crippen molar-refractivity contribution in [3.63, 3.8) is 0 Å². The van der Waals surface area contributed by atoms with Gasteiger partial charge in [0.25, 0.3) is 5.91 Å². The zero-order valence-corrected chi connectivity index (χ0v) is 16.2. The minimum atomic E-state index is -0.111. The molecule has 4 rings (SSSR count). The maximum Gasteiger partial charge on any atom is 0.252 e. The second kappa shape index (κ2) is 8.05. The van der Waals surface area contributed by atoms with Crippen LogP contribution in [0, 0.1) is 6.92 Å². The summed E-state index contributed by atoms with van der Waals surface area (Å²) < 4.78 is 8.05. The summed E-state index contributed by atoms with van der Waals surface area (Å²) in [5, 5.41) is 4.20. The molecule has 0 unspecified atom stereocenters. The number of benzene rings is 1. The number of aromatic nitrogens is 2. The first-order chi connectivity index (χ1) is 13.2. The van der Waals surface area contributed by atoms with Gasteiger partial charge in [-0.2, -0.15) is 11.8 Å². The molecule has 0 bridgehead atoms. The van der Waals surface area contributed by atoms with Crippen molar-refractivity contribution in [2.75, 3.05) is 18.1 Å². The summed E-state index contributed by atoms with van der Waals surface area (Å²) in [6.45, 7) is 3.39. The van der Waals surface area contributed by atoms with Gasteiger partial charge in [0.1, 0.15) is 6.10 Å². The normalized spacial score (nSPS) is 16.6. The maximum absolute atomic E-state index is 12.4. The largest absolute Gasteiger partial charge is 0.473 e. The number of ether oxygens (including phenoxy) is 1. The van der Waals surface area contributed by atoms with Gasteiger partial charge in [0.05, 0.1) is 5.56 Å². The fourth-order valence-electron chi connectivity index (χ4n) is 3.39. The van der Waals surface area contributed by atoms with Crippen molar-refractivity contribution in [2.45, 2.75) is 26.0 Å². The number of aryl methyl sites for hydroxylation is 1. The molecule has 1 aliphatic heterocycles. The van der Waals surface area contributed by atoms with E-state index in [1.807, 2.05) is 23.9 Å². The molecule has 1 fully saturated rings. The van der Waals surface area contributed by atoms with E-state index in [4.69, 9.17) is 4.74 Å². The highest BCUT2D eigenvalue weighted by Crippen LogP contribution is 2.22. The number of thioether (sulfide) groups is 1. The monoisotopic (exact) mass is 381 g/mol. The Balaban J connectivity index is 1.33. The highest BCUT2D eigenvalue weighted by molar-refractivity contribution is 7.99. The lowest BCUT2D eigenvalue weighted by Gasteiger charge is -2.12. The van der Waals surface area contributed by atoms with Crippen LogP contribution in [-0.4, -0.2) is 39.6 Å². The molecule has 0 saturated carbocycles. The number of rotatable bonds is 6. The van der Waals surface area contributed by atoms with Gasteiger partial charge in [-0.1, -0.05) is 18.2 Å². The van der Waals surface area contributed by atoms with Crippen LogP contribution in [0.2, 0.25) is 0 Å². The average molecular weight is 382 g/mol. The van der Waals surface area contributed by atoms with Gasteiger partial charge < -0.3 is 14.6 Å². The molecule has 1 atom stereocenters. The quantitative estimate of drug-likeness (QED) is 0.708. The van der Waals surface area contributed by atoms with Gasteiger partial charge in [0, 0.05) is 42.3 Å². The second-order valence-corrected chi connectivity index (χ2v) is 7.89. The van der Waals surface area contributed by atoms with E-state index in [1.54, 1.807) is 18.3 Å². The van der Waals surface area contributed by atoms with Gasteiger partial charge in [-0.25, -0.2) is 4.98 Å². The van der Waals surface area contributed by atoms with E-state index in [-0.39, 0.29) is 12.0 Å². The van der Waals surface area contributed by atoms with Crippen LogP contribution in [0.1, 0.15) is 22.5 Å². The van der Waals surface area contributed by atoms with Crippen LogP contribution in [0.3, 0.4) is 0 Å². The zero-order chi connectivity index (χ0) is 18.6. The lowest BCUT2D eigenvalue weighted by Crippen LogP contribution is -2.27. The topological polar surface area (TPSA) is 56.2 Å². The number of carbonyl (C=O) groups excluding carboxylic acids is 1. The van der Waals surface area contributed by atoms with Crippen molar-refractivity contribution in [3.8, 4) is 5.88 Å². The molecule has 5 nitrogen and oxygen atoms in total. The van der Waals surface area contributed by atoms with E-state index in [2.05, 4.69) is 40.0 Å². The summed E-state index contributed by atoms with van der Waals surface area (Å²) in [5.41, 5.74) is 2.94. The van der Waals surface area contributed by atoms with E-state index in [0.717, 1.165) is 24.5 Å². The number of fused-ring (bicyclic) bond motifs is 1. The molecule has 140 valence electrons. The molecule has 0 spiro atoms. The average Bonchev–Trinajstić information content (AvgIpc) is 3.30. The third-order valence-corrected chi connectivity index (χ3v) is 5.94. The Hall–Kier alpha value is -2.47. The molecule has 3 heterocycles. The Bertz CT molecular complexity index is 930. The molecule has 0 aliphatic carbocycles. The summed E-state index contributed by atoms with van der Waals surface area (Å²) in [4.78, 5) is 16.7. The van der Waals surface area contributed by atoms with E-state index in [1.165, 1.54) is 16.6 Å². The predicted molar refractivity (Wildman–Crippen MR) is 110 cm³/mol. The third kappa shape index (κ3) is 4.11. The summed E-state index contributed by atoms with van der Waals surface area (Å²) in [5.74, 6) is 2.63. The van der Waals surface area contributed by atoms with Gasteiger partial charge in [0.15, 0.2) is 0 Å². The fourth-order valence-corrected chi connectivity index (χ4v) is 4.48. The minimum Gasteiger partial charge on any atom is -0.473 e. The number of carbonyl (C=O) groups is 1. The van der Waals surface area contributed by atoms with Crippen LogP contribution in [0.4, 0.5) is 0 Å². The number of amides is 1. The van der Waals surface area contributed by atoms with Crippen LogP contribution in [-0.2, 0) is 6.54 Å². The molecule has 6 heteroatoms. The first kappa shape index (κ1) is 17.9. The van der Waals surface area contributed by atoms with Gasteiger partial charge in [-0.15, -0.1) is 0 Å². The molecule has 27 heavy (non-hydrogen) atoms. The number of para-hydroxylation sites is 1. The molecule has 1 N–H and O–H groups in total. The molecule has 0 radical (unpaired) electrons. The van der Waals surface area contributed by atoms with Gasteiger partial charge in [0.2, 0.25) is 5.88 Å². The van der Waals surface area contributed by atoms with Gasteiger partial charge in [-0.3, -0.25) is 4.79 Å². The van der Waals surface area contributed by atoms with Crippen LogP contribution >= 0.6 is 11.8 Å². The Morgan fingerprint density at radius 2 is 2.22 bits per heavy atom. The number of nitrogens with one attached hydrogen (secondary N) is 1. The lowest BCUT2D eigenvalue weighted by molar-refractivity contribution is 0.0952. The first-order valence-corrected chi connectivity index (χ1v) is 10.4. The summed E-state index contributed by atoms with van der Waals surface area (Å²) in [6, 6.07) is 14.0. The molecular weight excluding hydrogens is 358 g/mol. The van der Waals surface area contributed by atoms with Crippen molar-refractivity contribution >= 4 is 28.6 Å². The third-order valence-electron chi connectivity index (χ3n) is 4.81.